The normalized spacial score (nSPS) is 15.6. The van der Waals surface area contributed by atoms with Gasteiger partial charge in [-0.25, -0.2) is 8.42 Å². The summed E-state index contributed by atoms with van der Waals surface area (Å²) in [4.78, 5) is 17.1. The minimum atomic E-state index is -3.32. The number of rotatable bonds is 7. The SMILES string of the molecule is CCC(Oc1ccc(N(C)S(C)(=O)=O)cc1)C(=O)N1CCN(c2ccccc2)CC1. The summed E-state index contributed by atoms with van der Waals surface area (Å²) in [5, 5.41) is 0. The fraction of sp³-hybridized carbons (Fsp3) is 0.409. The second-order valence-electron chi connectivity index (χ2n) is 7.39. The van der Waals surface area contributed by atoms with E-state index in [1.807, 2.05) is 30.0 Å². The second kappa shape index (κ2) is 9.38. The molecular formula is C22H29N3O4S. The summed E-state index contributed by atoms with van der Waals surface area (Å²) in [5.74, 6) is 0.534. The molecule has 7 nitrogen and oxygen atoms in total. The van der Waals surface area contributed by atoms with E-state index in [1.54, 1.807) is 24.3 Å². The number of sulfonamides is 1. The first-order valence-corrected chi connectivity index (χ1v) is 11.9. The number of hydrogen-bond acceptors (Lipinski definition) is 5. The van der Waals surface area contributed by atoms with Crippen molar-refractivity contribution < 1.29 is 17.9 Å². The smallest absolute Gasteiger partial charge is 0.263 e. The number of benzene rings is 2. The summed E-state index contributed by atoms with van der Waals surface area (Å²) in [6, 6.07) is 16.9. The Balaban J connectivity index is 1.59. The molecule has 162 valence electrons. The lowest BCUT2D eigenvalue weighted by molar-refractivity contribution is -0.139. The third kappa shape index (κ3) is 5.24. The number of hydrogen-bond donors (Lipinski definition) is 0. The molecule has 0 radical (unpaired) electrons. The molecular weight excluding hydrogens is 402 g/mol. The number of piperazine rings is 1. The maximum absolute atomic E-state index is 13.0. The molecule has 1 amide bonds. The zero-order valence-corrected chi connectivity index (χ0v) is 18.5. The van der Waals surface area contributed by atoms with Crippen LogP contribution in [0.4, 0.5) is 11.4 Å². The summed E-state index contributed by atoms with van der Waals surface area (Å²) in [6.07, 6.45) is 1.15. The molecule has 8 heteroatoms. The van der Waals surface area contributed by atoms with Crippen molar-refractivity contribution in [3.05, 3.63) is 54.6 Å². The molecule has 1 atom stereocenters. The Hall–Kier alpha value is -2.74. The van der Waals surface area contributed by atoms with Crippen molar-refractivity contribution in [3.63, 3.8) is 0 Å². The van der Waals surface area contributed by atoms with E-state index in [9.17, 15) is 13.2 Å². The lowest BCUT2D eigenvalue weighted by Crippen LogP contribution is -2.52. The summed E-state index contributed by atoms with van der Waals surface area (Å²) in [6.45, 7) is 4.82. The van der Waals surface area contributed by atoms with E-state index in [4.69, 9.17) is 4.74 Å². The highest BCUT2D eigenvalue weighted by Crippen LogP contribution is 2.22. The minimum absolute atomic E-state index is 0.0115. The molecule has 0 saturated carbocycles. The van der Waals surface area contributed by atoms with Crippen LogP contribution in [-0.2, 0) is 14.8 Å². The van der Waals surface area contributed by atoms with Crippen LogP contribution in [0.15, 0.2) is 54.6 Å². The molecule has 30 heavy (non-hydrogen) atoms. The Bertz CT molecular complexity index is 940. The lowest BCUT2D eigenvalue weighted by atomic mass is 10.2. The van der Waals surface area contributed by atoms with Gasteiger partial charge in [-0.05, 0) is 42.8 Å². The van der Waals surface area contributed by atoms with Gasteiger partial charge in [0.15, 0.2) is 6.10 Å². The molecule has 0 aliphatic carbocycles. The predicted molar refractivity (Wildman–Crippen MR) is 120 cm³/mol. The van der Waals surface area contributed by atoms with Crippen LogP contribution in [0.5, 0.6) is 5.75 Å². The number of anilines is 2. The summed E-state index contributed by atoms with van der Waals surface area (Å²) >= 11 is 0. The molecule has 1 fully saturated rings. The van der Waals surface area contributed by atoms with E-state index in [0.717, 1.165) is 19.3 Å². The molecule has 1 aliphatic rings. The van der Waals surface area contributed by atoms with Crippen molar-refractivity contribution >= 4 is 27.3 Å². The Labute approximate surface area is 178 Å². The van der Waals surface area contributed by atoms with Gasteiger partial charge in [0, 0.05) is 38.9 Å². The van der Waals surface area contributed by atoms with Crippen molar-refractivity contribution in [2.24, 2.45) is 0 Å². The Morgan fingerprint density at radius 1 is 1.03 bits per heavy atom. The lowest BCUT2D eigenvalue weighted by Gasteiger charge is -2.37. The highest BCUT2D eigenvalue weighted by Gasteiger charge is 2.28. The van der Waals surface area contributed by atoms with Gasteiger partial charge in [0.05, 0.1) is 11.9 Å². The Kier molecular flexibility index (Phi) is 6.87. The van der Waals surface area contributed by atoms with Gasteiger partial charge in [-0.2, -0.15) is 0 Å². The van der Waals surface area contributed by atoms with Gasteiger partial charge in [-0.3, -0.25) is 9.10 Å². The highest BCUT2D eigenvalue weighted by molar-refractivity contribution is 7.92. The molecule has 3 rings (SSSR count). The molecule has 1 saturated heterocycles. The monoisotopic (exact) mass is 431 g/mol. The van der Waals surface area contributed by atoms with Crippen LogP contribution in [0.3, 0.4) is 0 Å². The van der Waals surface area contributed by atoms with Gasteiger partial charge in [0.25, 0.3) is 5.91 Å². The maximum Gasteiger partial charge on any atom is 0.263 e. The number of nitrogens with zero attached hydrogens (tertiary/aromatic N) is 3. The minimum Gasteiger partial charge on any atom is -0.481 e. The molecule has 1 aliphatic heterocycles. The summed E-state index contributed by atoms with van der Waals surface area (Å²) < 4.78 is 30.5. The van der Waals surface area contributed by atoms with Crippen molar-refractivity contribution in [1.29, 1.82) is 0 Å². The maximum atomic E-state index is 13.0. The third-order valence-electron chi connectivity index (χ3n) is 5.34. The summed E-state index contributed by atoms with van der Waals surface area (Å²) in [7, 11) is -1.82. The van der Waals surface area contributed by atoms with Crippen LogP contribution < -0.4 is 13.9 Å². The molecule has 1 heterocycles. The van der Waals surface area contributed by atoms with E-state index < -0.39 is 16.1 Å². The zero-order valence-electron chi connectivity index (χ0n) is 17.7. The highest BCUT2D eigenvalue weighted by atomic mass is 32.2. The first-order valence-electron chi connectivity index (χ1n) is 10.1. The van der Waals surface area contributed by atoms with Crippen molar-refractivity contribution in [2.75, 3.05) is 48.7 Å². The van der Waals surface area contributed by atoms with Crippen LogP contribution >= 0.6 is 0 Å². The van der Waals surface area contributed by atoms with E-state index in [-0.39, 0.29) is 5.91 Å². The fourth-order valence-electron chi connectivity index (χ4n) is 3.43. The van der Waals surface area contributed by atoms with E-state index in [1.165, 1.54) is 17.0 Å². The topological polar surface area (TPSA) is 70.2 Å². The molecule has 0 spiro atoms. The van der Waals surface area contributed by atoms with E-state index >= 15 is 0 Å². The molecule has 2 aromatic carbocycles. The third-order valence-corrected chi connectivity index (χ3v) is 6.54. The van der Waals surface area contributed by atoms with Crippen molar-refractivity contribution in [1.82, 2.24) is 4.90 Å². The van der Waals surface area contributed by atoms with Gasteiger partial charge in [-0.1, -0.05) is 25.1 Å². The second-order valence-corrected chi connectivity index (χ2v) is 9.40. The van der Waals surface area contributed by atoms with Gasteiger partial charge in [-0.15, -0.1) is 0 Å². The number of carbonyl (C=O) groups excluding carboxylic acids is 1. The average molecular weight is 432 g/mol. The molecule has 0 bridgehead atoms. The Morgan fingerprint density at radius 2 is 1.63 bits per heavy atom. The van der Waals surface area contributed by atoms with Crippen LogP contribution in [0.25, 0.3) is 0 Å². The largest absolute Gasteiger partial charge is 0.481 e. The van der Waals surface area contributed by atoms with Gasteiger partial charge in [0.2, 0.25) is 10.0 Å². The number of amides is 1. The van der Waals surface area contributed by atoms with Crippen LogP contribution in [0.2, 0.25) is 0 Å². The molecule has 0 aromatic heterocycles. The van der Waals surface area contributed by atoms with E-state index in [2.05, 4.69) is 17.0 Å². The fourth-order valence-corrected chi connectivity index (χ4v) is 3.93. The molecule has 1 unspecified atom stereocenters. The van der Waals surface area contributed by atoms with Crippen molar-refractivity contribution in [2.45, 2.75) is 19.4 Å². The van der Waals surface area contributed by atoms with Gasteiger partial charge in [0.1, 0.15) is 5.75 Å². The first-order chi connectivity index (χ1) is 14.3. The number of ether oxygens (including phenoxy) is 1. The first kappa shape index (κ1) is 22.0. The molecule has 0 N–H and O–H groups in total. The quantitative estimate of drug-likeness (QED) is 0.674. The van der Waals surface area contributed by atoms with Gasteiger partial charge < -0.3 is 14.5 Å². The zero-order chi connectivity index (χ0) is 21.7. The average Bonchev–Trinajstić information content (AvgIpc) is 2.77. The number of para-hydroxylation sites is 1. The standard InChI is InChI=1S/C22H29N3O4S/c1-4-21(29-20-12-10-18(11-13-20)23(2)30(3,27)28)22(26)25-16-14-24(15-17-25)19-8-6-5-7-9-19/h5-13,21H,4,14-17H2,1-3H3. The van der Waals surface area contributed by atoms with Gasteiger partial charge >= 0.3 is 0 Å². The summed E-state index contributed by atoms with van der Waals surface area (Å²) in [5.41, 5.74) is 1.72. The van der Waals surface area contributed by atoms with Crippen LogP contribution in [0.1, 0.15) is 13.3 Å². The van der Waals surface area contributed by atoms with Crippen LogP contribution in [0, 0.1) is 0 Å². The van der Waals surface area contributed by atoms with E-state index in [0.29, 0.717) is 30.9 Å². The Morgan fingerprint density at radius 3 is 2.17 bits per heavy atom. The number of carbonyl (C=O) groups is 1. The molecule has 2 aromatic rings. The predicted octanol–water partition coefficient (Wildman–Crippen LogP) is 2.59. The van der Waals surface area contributed by atoms with Crippen molar-refractivity contribution in [3.8, 4) is 5.75 Å². The van der Waals surface area contributed by atoms with Crippen LogP contribution in [-0.4, -0.2) is 64.8 Å².